The molecule has 0 spiro atoms. The molecule has 10 heavy (non-hydrogen) atoms. The summed E-state index contributed by atoms with van der Waals surface area (Å²) in [6.45, 7) is 6.46. The molecular weight excluding hydrogens is 314 g/mol. The Labute approximate surface area is 79.1 Å². The van der Waals surface area contributed by atoms with Crippen LogP contribution in [-0.4, -0.2) is 25.8 Å². The van der Waals surface area contributed by atoms with Gasteiger partial charge in [0.25, 0.3) is 0 Å². The van der Waals surface area contributed by atoms with Gasteiger partial charge in [-0.1, -0.05) is 0 Å². The van der Waals surface area contributed by atoms with E-state index in [1.165, 1.54) is 8.71 Å². The summed E-state index contributed by atoms with van der Waals surface area (Å²) >= 11 is 0.943. The SMILES string of the molecule is C/[C]([Tl])=C/C(=C\N)C(C)C. The first-order valence-corrected chi connectivity index (χ1v) is 5.68. The van der Waals surface area contributed by atoms with Crippen LogP contribution in [0.4, 0.5) is 0 Å². The van der Waals surface area contributed by atoms with Crippen LogP contribution >= 0.6 is 0 Å². The Bertz CT molecular complexity index is 153. The molecule has 0 rings (SSSR count). The third-order valence-corrected chi connectivity index (χ3v) is 1.90. The van der Waals surface area contributed by atoms with Gasteiger partial charge in [0.05, 0.1) is 0 Å². The number of hydrogen-bond donors (Lipinski definition) is 1. The topological polar surface area (TPSA) is 26.0 Å². The minimum absolute atomic E-state index is 0.554. The Kier molecular flexibility index (Phi) is 5.03. The summed E-state index contributed by atoms with van der Waals surface area (Å²) in [4.78, 5) is 0. The van der Waals surface area contributed by atoms with Crippen molar-refractivity contribution in [2.24, 2.45) is 11.7 Å². The average molecular weight is 329 g/mol. The molecule has 0 aliphatic carbocycles. The molecule has 0 aliphatic rings. The molecule has 0 aromatic rings. The maximum atomic E-state index is 5.43. The zero-order valence-corrected chi connectivity index (χ0v) is 11.4. The van der Waals surface area contributed by atoms with Crippen LogP contribution in [-0.2, 0) is 0 Å². The van der Waals surface area contributed by atoms with Gasteiger partial charge in [0.2, 0.25) is 0 Å². The molecule has 0 unspecified atom stereocenters. The van der Waals surface area contributed by atoms with E-state index in [0.717, 1.165) is 25.8 Å². The first kappa shape index (κ1) is 10.2. The second kappa shape index (κ2) is 4.93. The van der Waals surface area contributed by atoms with Gasteiger partial charge in [-0.2, -0.15) is 0 Å². The Morgan fingerprint density at radius 2 is 2.00 bits per heavy atom. The van der Waals surface area contributed by atoms with Crippen LogP contribution < -0.4 is 5.73 Å². The molecule has 2 heteroatoms. The molecular formula is C8H14NTl. The molecule has 0 saturated heterocycles. The van der Waals surface area contributed by atoms with Crippen molar-refractivity contribution in [2.75, 3.05) is 0 Å². The van der Waals surface area contributed by atoms with Crippen molar-refractivity contribution < 1.29 is 0 Å². The molecule has 2 N–H and O–H groups in total. The second-order valence-electron chi connectivity index (χ2n) is 2.71. The predicted octanol–water partition coefficient (Wildman–Crippen LogP) is 1.56. The van der Waals surface area contributed by atoms with Gasteiger partial charge in [0.15, 0.2) is 0 Å². The molecule has 0 aromatic heterocycles. The average Bonchev–Trinajstić information content (AvgIpc) is 1.81. The van der Waals surface area contributed by atoms with Gasteiger partial charge in [0.1, 0.15) is 0 Å². The van der Waals surface area contributed by atoms with E-state index in [4.69, 9.17) is 5.73 Å². The Balaban J connectivity index is 4.26. The second-order valence-corrected chi connectivity index (χ2v) is 6.25. The summed E-state index contributed by atoms with van der Waals surface area (Å²) < 4.78 is 1.46. The quantitative estimate of drug-likeness (QED) is 0.604. The molecule has 0 heterocycles. The van der Waals surface area contributed by atoms with Crippen LogP contribution in [0.25, 0.3) is 0 Å². The van der Waals surface area contributed by atoms with Crippen LogP contribution in [0, 0.1) is 5.92 Å². The molecule has 1 nitrogen and oxygen atoms in total. The van der Waals surface area contributed by atoms with Crippen molar-refractivity contribution in [1.82, 2.24) is 0 Å². The Morgan fingerprint density at radius 1 is 1.50 bits per heavy atom. The van der Waals surface area contributed by atoms with E-state index in [1.54, 1.807) is 6.20 Å². The predicted molar refractivity (Wildman–Crippen MR) is 46.6 cm³/mol. The van der Waals surface area contributed by atoms with Gasteiger partial charge in [0, 0.05) is 0 Å². The summed E-state index contributed by atoms with van der Waals surface area (Å²) in [5, 5.41) is 0. The molecule has 0 aromatic carbocycles. The monoisotopic (exact) mass is 329 g/mol. The summed E-state index contributed by atoms with van der Waals surface area (Å²) in [7, 11) is 0. The summed E-state index contributed by atoms with van der Waals surface area (Å²) in [5.74, 6) is 0.554. The molecule has 0 aliphatic heterocycles. The zero-order valence-electron chi connectivity index (χ0n) is 6.89. The van der Waals surface area contributed by atoms with Gasteiger partial charge in [-0.25, -0.2) is 0 Å². The maximum absolute atomic E-state index is 5.43. The molecule has 0 saturated carbocycles. The molecule has 0 amide bonds. The van der Waals surface area contributed by atoms with E-state index in [2.05, 4.69) is 26.8 Å². The zero-order chi connectivity index (χ0) is 8.15. The molecule has 0 radical (unpaired) electrons. The summed E-state index contributed by atoms with van der Waals surface area (Å²) in [6, 6.07) is 0. The van der Waals surface area contributed by atoms with Crippen LogP contribution in [0.3, 0.4) is 0 Å². The fourth-order valence-corrected chi connectivity index (χ4v) is 1.42. The van der Waals surface area contributed by atoms with Crippen LogP contribution in [0.15, 0.2) is 21.0 Å². The van der Waals surface area contributed by atoms with E-state index < -0.39 is 0 Å². The van der Waals surface area contributed by atoms with Crippen molar-refractivity contribution in [2.45, 2.75) is 20.8 Å². The van der Waals surface area contributed by atoms with E-state index in [0.29, 0.717) is 5.92 Å². The van der Waals surface area contributed by atoms with Crippen LogP contribution in [0.5, 0.6) is 0 Å². The number of allylic oxidation sites excluding steroid dienone is 3. The van der Waals surface area contributed by atoms with Gasteiger partial charge in [-0.3, -0.25) is 0 Å². The van der Waals surface area contributed by atoms with E-state index >= 15 is 0 Å². The van der Waals surface area contributed by atoms with Crippen molar-refractivity contribution in [3.63, 3.8) is 0 Å². The van der Waals surface area contributed by atoms with E-state index in [-0.39, 0.29) is 0 Å². The van der Waals surface area contributed by atoms with Crippen molar-refractivity contribution in [3.8, 4) is 0 Å². The van der Waals surface area contributed by atoms with Gasteiger partial charge in [-0.15, -0.1) is 0 Å². The molecule has 54 valence electrons. The number of hydrogen-bond acceptors (Lipinski definition) is 1. The summed E-state index contributed by atoms with van der Waals surface area (Å²) in [5.41, 5.74) is 6.68. The fourth-order valence-electron chi connectivity index (χ4n) is 0.670. The standard InChI is InChI=1S/C8H14N.Tl/c1-4-5-8(6-9)7(2)3;/h5-7H,9H2,1-3H3;/b5-4?,8-6+;. The van der Waals surface area contributed by atoms with E-state index in [9.17, 15) is 0 Å². The fraction of sp³-hybridized carbons (Fsp3) is 0.500. The Morgan fingerprint density at radius 3 is 2.10 bits per heavy atom. The van der Waals surface area contributed by atoms with Gasteiger partial charge < -0.3 is 0 Å². The molecule has 0 bridgehead atoms. The Hall–Kier alpha value is 0.202. The van der Waals surface area contributed by atoms with Crippen molar-refractivity contribution in [1.29, 1.82) is 0 Å². The first-order chi connectivity index (χ1) is 4.57. The van der Waals surface area contributed by atoms with Crippen molar-refractivity contribution >= 4 is 25.8 Å². The van der Waals surface area contributed by atoms with Gasteiger partial charge in [-0.05, 0) is 0 Å². The summed E-state index contributed by atoms with van der Waals surface area (Å²) in [6.07, 6.45) is 3.89. The third-order valence-electron chi connectivity index (χ3n) is 1.25. The number of nitrogens with two attached hydrogens (primary N) is 1. The normalized spacial score (nSPS) is 14.3. The van der Waals surface area contributed by atoms with Crippen LogP contribution in [0.2, 0.25) is 0 Å². The molecule has 0 atom stereocenters. The van der Waals surface area contributed by atoms with Crippen LogP contribution in [0.1, 0.15) is 20.8 Å². The molecule has 0 fully saturated rings. The van der Waals surface area contributed by atoms with Crippen molar-refractivity contribution in [3.05, 3.63) is 21.0 Å². The number of rotatable bonds is 2. The van der Waals surface area contributed by atoms with E-state index in [1.807, 2.05) is 0 Å². The first-order valence-electron chi connectivity index (χ1n) is 3.43. The minimum atomic E-state index is 0.554. The third kappa shape index (κ3) is 4.09. The van der Waals surface area contributed by atoms with Gasteiger partial charge >= 0.3 is 79.2 Å².